The van der Waals surface area contributed by atoms with Crippen molar-refractivity contribution in [1.29, 1.82) is 0 Å². The van der Waals surface area contributed by atoms with Crippen LogP contribution in [0.25, 0.3) is 0 Å². The fourth-order valence-corrected chi connectivity index (χ4v) is 4.54. The van der Waals surface area contributed by atoms with Crippen LogP contribution in [0.2, 0.25) is 5.02 Å². The van der Waals surface area contributed by atoms with E-state index in [-0.39, 0.29) is 35.6 Å². The number of benzene rings is 1. The normalized spacial score (nSPS) is 18.1. The van der Waals surface area contributed by atoms with E-state index in [9.17, 15) is 19.2 Å². The Bertz CT molecular complexity index is 1190. The second-order valence-electron chi connectivity index (χ2n) is 8.44. The number of carbonyl (C=O) groups is 3. The van der Waals surface area contributed by atoms with Crippen molar-refractivity contribution in [2.45, 2.75) is 39.0 Å². The summed E-state index contributed by atoms with van der Waals surface area (Å²) >= 11 is 6.22. The lowest BCUT2D eigenvalue weighted by molar-refractivity contribution is -0.148. The third-order valence-corrected chi connectivity index (χ3v) is 6.36. The topological polar surface area (TPSA) is 133 Å². The molecule has 180 valence electrons. The lowest BCUT2D eigenvalue weighted by Crippen LogP contribution is -2.41. The molecule has 1 saturated heterocycles. The molecule has 34 heavy (non-hydrogen) atoms. The molecule has 11 heteroatoms. The van der Waals surface area contributed by atoms with Gasteiger partial charge in [-0.25, -0.2) is 0 Å². The van der Waals surface area contributed by atoms with E-state index < -0.39 is 23.3 Å². The van der Waals surface area contributed by atoms with Gasteiger partial charge in [0.25, 0.3) is 5.56 Å². The van der Waals surface area contributed by atoms with Crippen LogP contribution in [-0.2, 0) is 19.1 Å². The van der Waals surface area contributed by atoms with Crippen LogP contribution in [0.15, 0.2) is 23.0 Å². The van der Waals surface area contributed by atoms with Gasteiger partial charge in [-0.05, 0) is 44.4 Å². The Morgan fingerprint density at radius 1 is 1.26 bits per heavy atom. The van der Waals surface area contributed by atoms with Crippen LogP contribution in [-0.4, -0.2) is 47.4 Å². The zero-order valence-electron chi connectivity index (χ0n) is 18.9. The number of ether oxygens (including phenoxy) is 1. The number of anilines is 3. The van der Waals surface area contributed by atoms with Gasteiger partial charge < -0.3 is 20.3 Å². The van der Waals surface area contributed by atoms with E-state index in [1.807, 2.05) is 11.8 Å². The largest absolute Gasteiger partial charge is 0.466 e. The first-order chi connectivity index (χ1) is 16.3. The van der Waals surface area contributed by atoms with E-state index in [2.05, 4.69) is 20.6 Å². The molecule has 1 fully saturated rings. The van der Waals surface area contributed by atoms with Gasteiger partial charge in [-0.15, -0.1) is 0 Å². The second-order valence-corrected chi connectivity index (χ2v) is 8.85. The Morgan fingerprint density at radius 3 is 2.68 bits per heavy atom. The molecule has 3 heterocycles. The number of piperidine rings is 1. The van der Waals surface area contributed by atoms with E-state index in [1.54, 1.807) is 25.1 Å². The summed E-state index contributed by atoms with van der Waals surface area (Å²) in [5, 5.41) is 5.69. The fourth-order valence-electron chi connectivity index (χ4n) is 4.26. The molecule has 3 N–H and O–H groups in total. The number of esters is 1. The van der Waals surface area contributed by atoms with Gasteiger partial charge in [0.15, 0.2) is 0 Å². The van der Waals surface area contributed by atoms with Crippen LogP contribution in [0.5, 0.6) is 0 Å². The number of amides is 2. The molecule has 1 atom stereocenters. The van der Waals surface area contributed by atoms with Gasteiger partial charge in [0.1, 0.15) is 5.82 Å². The summed E-state index contributed by atoms with van der Waals surface area (Å²) in [6.07, 6.45) is 0.944. The molecular formula is C23H26ClN5O5. The molecule has 0 saturated carbocycles. The third-order valence-electron chi connectivity index (χ3n) is 6.05. The Labute approximate surface area is 201 Å². The monoisotopic (exact) mass is 487 g/mol. The molecule has 2 aliphatic rings. The van der Waals surface area contributed by atoms with Crippen molar-refractivity contribution in [1.82, 2.24) is 9.97 Å². The summed E-state index contributed by atoms with van der Waals surface area (Å²) in [4.78, 5) is 59.4. The number of halogens is 1. The number of aryl methyl sites for hydroxylation is 1. The fraction of sp³-hybridized carbons (Fsp3) is 0.435. The first kappa shape index (κ1) is 23.7. The number of nitrogens with zero attached hydrogens (tertiary/aromatic N) is 2. The molecule has 4 rings (SSSR count). The first-order valence-corrected chi connectivity index (χ1v) is 11.6. The SMILES string of the molecule is CCOC(=O)C1CCN(c2nc3c(c(=O)[nH]2)[C@H](C(=O)Nc2ccc(C)cc2Cl)CC(=O)N3)CC1. The lowest BCUT2D eigenvalue weighted by atomic mass is 9.92. The van der Waals surface area contributed by atoms with Crippen LogP contribution >= 0.6 is 11.6 Å². The van der Waals surface area contributed by atoms with Gasteiger partial charge in [-0.2, -0.15) is 4.98 Å². The molecular weight excluding hydrogens is 462 g/mol. The van der Waals surface area contributed by atoms with E-state index in [0.29, 0.717) is 43.2 Å². The Balaban J connectivity index is 1.55. The summed E-state index contributed by atoms with van der Waals surface area (Å²) in [5.74, 6) is -2.00. The van der Waals surface area contributed by atoms with E-state index in [0.717, 1.165) is 5.56 Å². The number of carbonyl (C=O) groups excluding carboxylic acids is 3. The zero-order chi connectivity index (χ0) is 24.4. The molecule has 10 nitrogen and oxygen atoms in total. The maximum atomic E-state index is 13.0. The molecule has 0 spiro atoms. The number of hydrogen-bond acceptors (Lipinski definition) is 7. The first-order valence-electron chi connectivity index (χ1n) is 11.2. The summed E-state index contributed by atoms with van der Waals surface area (Å²) in [6, 6.07) is 5.18. The van der Waals surface area contributed by atoms with Crippen molar-refractivity contribution < 1.29 is 19.1 Å². The van der Waals surface area contributed by atoms with Crippen molar-refractivity contribution >= 4 is 46.8 Å². The van der Waals surface area contributed by atoms with Crippen LogP contribution < -0.4 is 21.1 Å². The van der Waals surface area contributed by atoms with Gasteiger partial charge in [0.2, 0.25) is 17.8 Å². The van der Waals surface area contributed by atoms with Gasteiger partial charge in [0, 0.05) is 19.5 Å². The molecule has 1 aromatic heterocycles. The summed E-state index contributed by atoms with van der Waals surface area (Å²) in [5.41, 5.74) is 0.938. The van der Waals surface area contributed by atoms with Crippen molar-refractivity contribution in [3.63, 3.8) is 0 Å². The van der Waals surface area contributed by atoms with Crippen molar-refractivity contribution in [2.24, 2.45) is 5.92 Å². The van der Waals surface area contributed by atoms with Crippen molar-refractivity contribution in [3.8, 4) is 0 Å². The summed E-state index contributed by atoms with van der Waals surface area (Å²) in [7, 11) is 0. The molecule has 1 aromatic carbocycles. The molecule has 2 aliphatic heterocycles. The molecule has 0 aliphatic carbocycles. The van der Waals surface area contributed by atoms with Gasteiger partial charge in [0.05, 0.1) is 34.7 Å². The zero-order valence-corrected chi connectivity index (χ0v) is 19.7. The highest BCUT2D eigenvalue weighted by Gasteiger charge is 2.36. The molecule has 0 bridgehead atoms. The Morgan fingerprint density at radius 2 is 2.00 bits per heavy atom. The smallest absolute Gasteiger partial charge is 0.309 e. The van der Waals surface area contributed by atoms with E-state index >= 15 is 0 Å². The van der Waals surface area contributed by atoms with Crippen LogP contribution in [0, 0.1) is 12.8 Å². The quantitative estimate of drug-likeness (QED) is 0.552. The number of rotatable bonds is 5. The average molecular weight is 488 g/mol. The van der Waals surface area contributed by atoms with Gasteiger partial charge >= 0.3 is 5.97 Å². The molecule has 2 amide bonds. The van der Waals surface area contributed by atoms with Crippen LogP contribution in [0.3, 0.4) is 0 Å². The minimum atomic E-state index is -1.01. The summed E-state index contributed by atoms with van der Waals surface area (Å²) < 4.78 is 5.09. The number of aromatic nitrogens is 2. The van der Waals surface area contributed by atoms with Crippen LogP contribution in [0.4, 0.5) is 17.5 Å². The number of fused-ring (bicyclic) bond motifs is 1. The Hall–Kier alpha value is -3.40. The number of aromatic amines is 1. The Kier molecular flexibility index (Phi) is 6.87. The maximum Gasteiger partial charge on any atom is 0.309 e. The number of hydrogen-bond donors (Lipinski definition) is 3. The highest BCUT2D eigenvalue weighted by atomic mass is 35.5. The van der Waals surface area contributed by atoms with E-state index in [4.69, 9.17) is 16.3 Å². The minimum Gasteiger partial charge on any atom is -0.466 e. The third kappa shape index (κ3) is 4.91. The highest BCUT2D eigenvalue weighted by Crippen LogP contribution is 2.32. The standard InChI is InChI=1S/C23H26ClN5O5/c1-3-34-22(33)13-6-8-29(9-7-13)23-27-19-18(21(32)28-23)14(11-17(30)26-19)20(31)25-16-5-4-12(2)10-15(16)24/h4-5,10,13-14H,3,6-9,11H2,1-2H3,(H,25,31)(H2,26,27,28,30,32)/t14-/m1/s1. The number of nitrogens with one attached hydrogen (secondary N) is 3. The number of H-pyrrole nitrogens is 1. The van der Waals surface area contributed by atoms with Gasteiger partial charge in [-0.3, -0.25) is 24.2 Å². The van der Waals surface area contributed by atoms with Gasteiger partial charge in [-0.1, -0.05) is 17.7 Å². The highest BCUT2D eigenvalue weighted by molar-refractivity contribution is 6.33. The maximum absolute atomic E-state index is 13.0. The van der Waals surface area contributed by atoms with Crippen LogP contribution in [0.1, 0.15) is 43.2 Å². The van der Waals surface area contributed by atoms with Crippen molar-refractivity contribution in [2.75, 3.05) is 35.2 Å². The predicted molar refractivity (Wildman–Crippen MR) is 127 cm³/mol. The van der Waals surface area contributed by atoms with E-state index in [1.165, 1.54) is 0 Å². The minimum absolute atomic E-state index is 0.0673. The summed E-state index contributed by atoms with van der Waals surface area (Å²) in [6.45, 7) is 4.97. The molecule has 0 unspecified atom stereocenters. The lowest BCUT2D eigenvalue weighted by Gasteiger charge is -2.32. The average Bonchev–Trinajstić information content (AvgIpc) is 2.80. The molecule has 2 aromatic rings. The predicted octanol–water partition coefficient (Wildman–Crippen LogP) is 2.58. The molecule has 0 radical (unpaired) electrons. The second kappa shape index (κ2) is 9.84. The van der Waals surface area contributed by atoms with Crippen molar-refractivity contribution in [3.05, 3.63) is 44.7 Å².